The maximum absolute atomic E-state index is 13.4. The molecule has 1 fully saturated rings. The minimum absolute atomic E-state index is 0.154. The molecule has 0 heterocycles. The molecule has 0 bridgehead atoms. The molecule has 0 amide bonds. The zero-order valence-electron chi connectivity index (χ0n) is 11.5. The van der Waals surface area contributed by atoms with E-state index in [2.05, 4.69) is 24.1 Å². The van der Waals surface area contributed by atoms with E-state index in [1.807, 2.05) is 13.1 Å². The normalized spacial score (nSPS) is 16.7. The molecule has 1 aromatic carbocycles. The quantitative estimate of drug-likeness (QED) is 0.833. The van der Waals surface area contributed by atoms with Crippen molar-refractivity contribution in [1.82, 2.24) is 5.32 Å². The molecule has 3 heteroatoms. The van der Waals surface area contributed by atoms with E-state index in [0.29, 0.717) is 0 Å². The van der Waals surface area contributed by atoms with E-state index in [-0.39, 0.29) is 11.9 Å². The van der Waals surface area contributed by atoms with Gasteiger partial charge in [-0.25, -0.2) is 4.39 Å². The zero-order chi connectivity index (χ0) is 13.1. The smallest absolute Gasteiger partial charge is 0.123 e. The molecule has 100 valence electrons. The van der Waals surface area contributed by atoms with E-state index in [9.17, 15) is 4.39 Å². The molecule has 1 aliphatic carbocycles. The Kier molecular flexibility index (Phi) is 4.23. The van der Waals surface area contributed by atoms with Crippen LogP contribution in [-0.4, -0.2) is 20.1 Å². The number of nitrogens with zero attached hydrogens (tertiary/aromatic N) is 1. The molecule has 0 radical (unpaired) electrons. The zero-order valence-corrected chi connectivity index (χ0v) is 11.5. The Balaban J connectivity index is 2.27. The number of halogens is 1. The number of hydrogen-bond donors (Lipinski definition) is 1. The highest BCUT2D eigenvalue weighted by molar-refractivity contribution is 5.55. The highest BCUT2D eigenvalue weighted by Gasteiger charge is 2.25. The largest absolute Gasteiger partial charge is 0.371 e. The molecule has 0 spiro atoms. The van der Waals surface area contributed by atoms with Crippen LogP contribution in [0.2, 0.25) is 0 Å². The molecule has 1 N–H and O–H groups in total. The third kappa shape index (κ3) is 3.02. The van der Waals surface area contributed by atoms with Crippen molar-refractivity contribution < 1.29 is 4.39 Å². The van der Waals surface area contributed by atoms with Crippen molar-refractivity contribution >= 4 is 5.69 Å². The van der Waals surface area contributed by atoms with Gasteiger partial charge in [-0.1, -0.05) is 0 Å². The van der Waals surface area contributed by atoms with Gasteiger partial charge in [-0.2, -0.15) is 0 Å². The van der Waals surface area contributed by atoms with Crippen molar-refractivity contribution in [3.05, 3.63) is 29.6 Å². The van der Waals surface area contributed by atoms with Crippen LogP contribution in [0.1, 0.15) is 38.3 Å². The van der Waals surface area contributed by atoms with Crippen molar-refractivity contribution in [3.63, 3.8) is 0 Å². The Morgan fingerprint density at radius 1 is 1.44 bits per heavy atom. The summed E-state index contributed by atoms with van der Waals surface area (Å²) in [6, 6.07) is 5.32. The lowest BCUT2D eigenvalue weighted by molar-refractivity contribution is 0.605. The van der Waals surface area contributed by atoms with Crippen LogP contribution in [0.4, 0.5) is 10.1 Å². The monoisotopic (exact) mass is 250 g/mol. The summed E-state index contributed by atoms with van der Waals surface area (Å²) in [5.41, 5.74) is 2.23. The maximum atomic E-state index is 13.4. The molecule has 0 saturated heterocycles. The highest BCUT2D eigenvalue weighted by atomic mass is 19.1. The maximum Gasteiger partial charge on any atom is 0.123 e. The van der Waals surface area contributed by atoms with Crippen LogP contribution in [0.25, 0.3) is 0 Å². The predicted molar refractivity (Wildman–Crippen MR) is 74.5 cm³/mol. The fourth-order valence-electron chi connectivity index (χ4n) is 2.33. The van der Waals surface area contributed by atoms with Gasteiger partial charge in [0.15, 0.2) is 0 Å². The molecule has 1 aliphatic rings. The summed E-state index contributed by atoms with van der Waals surface area (Å²) in [4.78, 5) is 2.38. The number of hydrogen-bond acceptors (Lipinski definition) is 2. The van der Waals surface area contributed by atoms with E-state index in [0.717, 1.165) is 24.6 Å². The first-order valence-corrected chi connectivity index (χ1v) is 6.87. The summed E-state index contributed by atoms with van der Waals surface area (Å²) in [7, 11) is 1.91. The van der Waals surface area contributed by atoms with Crippen LogP contribution in [0.15, 0.2) is 18.2 Å². The molecule has 0 aliphatic heterocycles. The molecular weight excluding hydrogens is 227 g/mol. The van der Waals surface area contributed by atoms with Crippen molar-refractivity contribution in [2.24, 2.45) is 5.92 Å². The van der Waals surface area contributed by atoms with Crippen LogP contribution >= 0.6 is 0 Å². The first-order valence-electron chi connectivity index (χ1n) is 6.87. The molecule has 1 saturated carbocycles. The topological polar surface area (TPSA) is 15.3 Å². The first kappa shape index (κ1) is 13.3. The molecule has 1 aromatic rings. The van der Waals surface area contributed by atoms with Gasteiger partial charge in [0.2, 0.25) is 0 Å². The van der Waals surface area contributed by atoms with Crippen molar-refractivity contribution in [2.75, 3.05) is 25.0 Å². The van der Waals surface area contributed by atoms with Crippen LogP contribution in [-0.2, 0) is 0 Å². The molecule has 1 unspecified atom stereocenters. The Morgan fingerprint density at radius 3 is 2.72 bits per heavy atom. The lowest BCUT2D eigenvalue weighted by atomic mass is 10.0. The van der Waals surface area contributed by atoms with Gasteiger partial charge >= 0.3 is 0 Å². The first-order chi connectivity index (χ1) is 8.65. The van der Waals surface area contributed by atoms with Crippen molar-refractivity contribution in [1.29, 1.82) is 0 Å². The van der Waals surface area contributed by atoms with Gasteiger partial charge < -0.3 is 10.2 Å². The SMILES string of the molecule is CCN(CC1CC1)c1ccc(F)cc1C(C)NC. The Bertz CT molecular complexity index is 401. The predicted octanol–water partition coefficient (Wildman–Crippen LogP) is 3.34. The van der Waals surface area contributed by atoms with E-state index < -0.39 is 0 Å². The second-order valence-electron chi connectivity index (χ2n) is 5.20. The fraction of sp³-hybridized carbons (Fsp3) is 0.600. The summed E-state index contributed by atoms with van der Waals surface area (Å²) in [5.74, 6) is 0.686. The van der Waals surface area contributed by atoms with Gasteiger partial charge in [-0.3, -0.25) is 0 Å². The van der Waals surface area contributed by atoms with Gasteiger partial charge in [0, 0.05) is 24.8 Å². The molecule has 2 rings (SSSR count). The Hall–Kier alpha value is -1.09. The van der Waals surface area contributed by atoms with Crippen LogP contribution in [0.3, 0.4) is 0 Å². The second-order valence-corrected chi connectivity index (χ2v) is 5.20. The average Bonchev–Trinajstić information content (AvgIpc) is 3.19. The van der Waals surface area contributed by atoms with E-state index in [1.165, 1.54) is 18.5 Å². The second kappa shape index (κ2) is 5.70. The standard InChI is InChI=1S/C15H23FN2/c1-4-18(10-12-5-6-12)15-8-7-13(16)9-14(15)11(2)17-3/h7-9,11-12,17H,4-6,10H2,1-3H3. The number of benzene rings is 1. The van der Waals surface area contributed by atoms with Crippen LogP contribution in [0.5, 0.6) is 0 Å². The molecule has 0 aromatic heterocycles. The van der Waals surface area contributed by atoms with Gasteiger partial charge in [0.05, 0.1) is 0 Å². The summed E-state index contributed by atoms with van der Waals surface area (Å²) >= 11 is 0. The van der Waals surface area contributed by atoms with Gasteiger partial charge in [0.1, 0.15) is 5.82 Å². The lowest BCUT2D eigenvalue weighted by Gasteiger charge is -2.28. The highest BCUT2D eigenvalue weighted by Crippen LogP contribution is 2.34. The summed E-state index contributed by atoms with van der Waals surface area (Å²) in [6.07, 6.45) is 2.68. The Morgan fingerprint density at radius 2 is 2.17 bits per heavy atom. The van der Waals surface area contributed by atoms with Gasteiger partial charge in [-0.05, 0) is 63.4 Å². The van der Waals surface area contributed by atoms with Crippen molar-refractivity contribution in [2.45, 2.75) is 32.7 Å². The number of rotatable bonds is 6. The van der Waals surface area contributed by atoms with Crippen LogP contribution < -0.4 is 10.2 Å². The van der Waals surface area contributed by atoms with Gasteiger partial charge in [-0.15, -0.1) is 0 Å². The lowest BCUT2D eigenvalue weighted by Crippen LogP contribution is -2.28. The van der Waals surface area contributed by atoms with Crippen molar-refractivity contribution in [3.8, 4) is 0 Å². The summed E-state index contributed by atoms with van der Waals surface area (Å²) < 4.78 is 13.4. The average molecular weight is 250 g/mol. The summed E-state index contributed by atoms with van der Waals surface area (Å²) in [6.45, 7) is 6.32. The summed E-state index contributed by atoms with van der Waals surface area (Å²) in [5, 5.41) is 3.20. The number of anilines is 1. The minimum atomic E-state index is -0.154. The number of nitrogens with one attached hydrogen (secondary N) is 1. The van der Waals surface area contributed by atoms with Gasteiger partial charge in [0.25, 0.3) is 0 Å². The minimum Gasteiger partial charge on any atom is -0.371 e. The molecular formula is C15H23FN2. The molecule has 1 atom stereocenters. The van der Waals surface area contributed by atoms with E-state index in [4.69, 9.17) is 0 Å². The third-order valence-electron chi connectivity index (χ3n) is 3.79. The van der Waals surface area contributed by atoms with E-state index >= 15 is 0 Å². The van der Waals surface area contributed by atoms with Crippen LogP contribution in [0, 0.1) is 11.7 Å². The third-order valence-corrected chi connectivity index (χ3v) is 3.79. The van der Waals surface area contributed by atoms with E-state index in [1.54, 1.807) is 12.1 Å². The fourth-order valence-corrected chi connectivity index (χ4v) is 2.33. The molecule has 2 nitrogen and oxygen atoms in total. The molecule has 18 heavy (non-hydrogen) atoms. The Labute approximate surface area is 109 Å².